The molecule has 1 aliphatic heterocycles. The molecule has 0 bridgehead atoms. The van der Waals surface area contributed by atoms with E-state index in [2.05, 4.69) is 72.8 Å². The maximum atomic E-state index is 11.8. The number of hydrogen-bond donors (Lipinski definition) is 0. The van der Waals surface area contributed by atoms with E-state index < -0.39 is 0 Å². The summed E-state index contributed by atoms with van der Waals surface area (Å²) in [6.07, 6.45) is 0.593. The first-order valence-electron chi connectivity index (χ1n) is 8.82. The van der Waals surface area contributed by atoms with Crippen LogP contribution in [0, 0.1) is 0 Å². The Hall–Kier alpha value is -2.52. The van der Waals surface area contributed by atoms with Crippen molar-refractivity contribution in [3.63, 3.8) is 0 Å². The van der Waals surface area contributed by atoms with Gasteiger partial charge in [0.25, 0.3) is 0 Å². The second-order valence-corrected chi connectivity index (χ2v) is 7.95. The highest BCUT2D eigenvalue weighted by Crippen LogP contribution is 2.52. The molecule has 0 N–H and O–H groups in total. The number of likely N-dealkylation sites (tertiary alicyclic amines) is 1. The van der Waals surface area contributed by atoms with Gasteiger partial charge in [-0.2, -0.15) is 0 Å². The first-order valence-corrected chi connectivity index (χ1v) is 9.70. The zero-order valence-corrected chi connectivity index (χ0v) is 15.5. The molecule has 2 nitrogen and oxygen atoms in total. The molecule has 3 aromatic rings. The highest BCUT2D eigenvalue weighted by Gasteiger charge is 2.44. The zero-order chi connectivity index (χ0) is 18.0. The Labute approximate surface area is 158 Å². The van der Waals surface area contributed by atoms with Gasteiger partial charge in [0.1, 0.15) is 0 Å². The lowest BCUT2D eigenvalue weighted by atomic mass is 9.84. The Bertz CT molecular complexity index is 783. The highest BCUT2D eigenvalue weighted by atomic mass is 32.2. The summed E-state index contributed by atoms with van der Waals surface area (Å²) >= 11 is 1.86. The number of nitrogens with zero attached hydrogens (tertiary/aromatic N) is 1. The summed E-state index contributed by atoms with van der Waals surface area (Å²) < 4.78 is -0.358. The van der Waals surface area contributed by atoms with Crippen LogP contribution in [-0.2, 0) is 9.54 Å². The highest BCUT2D eigenvalue weighted by molar-refractivity contribution is 8.01. The van der Waals surface area contributed by atoms with E-state index in [1.165, 1.54) is 16.7 Å². The number of β-lactam (4-membered cyclic amide) rings is 1. The fourth-order valence-corrected chi connectivity index (χ4v) is 5.25. The molecule has 1 saturated heterocycles. The molecule has 3 heteroatoms. The van der Waals surface area contributed by atoms with E-state index in [-0.39, 0.29) is 16.0 Å². The monoisotopic (exact) mass is 359 g/mol. The lowest BCUT2D eigenvalue weighted by Crippen LogP contribution is -2.50. The minimum Gasteiger partial charge on any atom is -0.333 e. The molecule has 1 fully saturated rings. The first kappa shape index (κ1) is 16.9. The van der Waals surface area contributed by atoms with Crippen LogP contribution in [0.5, 0.6) is 0 Å². The smallest absolute Gasteiger partial charge is 0.226 e. The molecule has 0 saturated carbocycles. The van der Waals surface area contributed by atoms with Crippen LogP contribution in [0.15, 0.2) is 91.0 Å². The molecular formula is C23H21NOS. The molecule has 1 heterocycles. The van der Waals surface area contributed by atoms with Gasteiger partial charge in [0.15, 0.2) is 0 Å². The van der Waals surface area contributed by atoms with Crippen LogP contribution in [0.1, 0.15) is 23.1 Å². The minimum absolute atomic E-state index is 0.170. The molecule has 130 valence electrons. The van der Waals surface area contributed by atoms with Crippen LogP contribution in [0.25, 0.3) is 0 Å². The van der Waals surface area contributed by atoms with Crippen LogP contribution in [0.4, 0.5) is 0 Å². The molecule has 0 aromatic heterocycles. The maximum Gasteiger partial charge on any atom is 0.226 e. The van der Waals surface area contributed by atoms with E-state index in [0.29, 0.717) is 6.42 Å². The number of amides is 1. The van der Waals surface area contributed by atoms with Gasteiger partial charge >= 0.3 is 0 Å². The van der Waals surface area contributed by atoms with E-state index in [9.17, 15) is 4.79 Å². The van der Waals surface area contributed by atoms with Crippen LogP contribution in [-0.4, -0.2) is 23.2 Å². The van der Waals surface area contributed by atoms with Gasteiger partial charge in [-0.3, -0.25) is 4.79 Å². The van der Waals surface area contributed by atoms with Crippen LogP contribution >= 0.6 is 11.8 Å². The lowest BCUT2D eigenvalue weighted by molar-refractivity contribution is -0.139. The van der Waals surface area contributed by atoms with Gasteiger partial charge in [-0.25, -0.2) is 0 Å². The molecule has 3 aromatic carbocycles. The fourth-order valence-electron chi connectivity index (χ4n) is 3.53. The van der Waals surface area contributed by atoms with E-state index in [4.69, 9.17) is 0 Å². The quantitative estimate of drug-likeness (QED) is 0.477. The minimum atomic E-state index is -0.358. The van der Waals surface area contributed by atoms with Gasteiger partial charge in [-0.05, 0) is 16.7 Å². The van der Waals surface area contributed by atoms with E-state index in [1.807, 2.05) is 41.9 Å². The van der Waals surface area contributed by atoms with Gasteiger partial charge in [0.05, 0.1) is 16.5 Å². The molecule has 1 aliphatic rings. The molecule has 0 aliphatic carbocycles. The average Bonchev–Trinajstić information content (AvgIpc) is 2.73. The van der Waals surface area contributed by atoms with E-state index in [0.717, 1.165) is 0 Å². The van der Waals surface area contributed by atoms with Crippen molar-refractivity contribution in [2.24, 2.45) is 0 Å². The van der Waals surface area contributed by atoms with E-state index >= 15 is 0 Å². The summed E-state index contributed by atoms with van der Waals surface area (Å²) in [4.78, 5) is 13.7. The van der Waals surface area contributed by atoms with Crippen molar-refractivity contribution in [3.8, 4) is 0 Å². The molecule has 1 unspecified atom stereocenters. The lowest BCUT2D eigenvalue weighted by Gasteiger charge is -2.44. The predicted molar refractivity (Wildman–Crippen MR) is 108 cm³/mol. The maximum absolute atomic E-state index is 11.8. The summed E-state index contributed by atoms with van der Waals surface area (Å²) in [7, 11) is 1.90. The third-order valence-electron chi connectivity index (χ3n) is 5.03. The largest absolute Gasteiger partial charge is 0.333 e. The van der Waals surface area contributed by atoms with Crippen molar-refractivity contribution >= 4 is 17.7 Å². The topological polar surface area (TPSA) is 20.3 Å². The summed E-state index contributed by atoms with van der Waals surface area (Å²) in [5.41, 5.74) is 3.69. The molecular weight excluding hydrogens is 338 g/mol. The second kappa shape index (κ2) is 7.00. The number of rotatable bonds is 5. The summed E-state index contributed by atoms with van der Waals surface area (Å²) in [5.74, 6) is 0.214. The number of benzene rings is 3. The molecule has 0 spiro atoms. The van der Waals surface area contributed by atoms with Crippen molar-refractivity contribution in [2.45, 2.75) is 16.5 Å². The SMILES string of the molecule is CN1C(=O)CC1SC(c1ccccc1)(c1ccccc1)c1ccccc1. The first-order chi connectivity index (χ1) is 12.7. The van der Waals surface area contributed by atoms with Crippen molar-refractivity contribution in [3.05, 3.63) is 108 Å². The van der Waals surface area contributed by atoms with Gasteiger partial charge in [0.2, 0.25) is 5.91 Å². The Balaban J connectivity index is 1.93. The predicted octanol–water partition coefficient (Wildman–Crippen LogP) is 4.90. The average molecular weight is 359 g/mol. The number of hydrogen-bond acceptors (Lipinski definition) is 2. The number of carbonyl (C=O) groups is 1. The molecule has 0 radical (unpaired) electrons. The molecule has 1 atom stereocenters. The van der Waals surface area contributed by atoms with Crippen LogP contribution < -0.4 is 0 Å². The van der Waals surface area contributed by atoms with Crippen molar-refractivity contribution in [1.82, 2.24) is 4.90 Å². The van der Waals surface area contributed by atoms with Crippen molar-refractivity contribution < 1.29 is 4.79 Å². The summed E-state index contributed by atoms with van der Waals surface area (Å²) in [6, 6.07) is 31.8. The molecule has 4 rings (SSSR count). The second-order valence-electron chi connectivity index (χ2n) is 6.56. The van der Waals surface area contributed by atoms with E-state index in [1.54, 1.807) is 0 Å². The van der Waals surface area contributed by atoms with Gasteiger partial charge in [-0.1, -0.05) is 91.0 Å². The van der Waals surface area contributed by atoms with Crippen LogP contribution in [0.2, 0.25) is 0 Å². The zero-order valence-electron chi connectivity index (χ0n) is 14.7. The summed E-state index contributed by atoms with van der Waals surface area (Å²) in [5, 5.41) is 0.170. The summed E-state index contributed by atoms with van der Waals surface area (Å²) in [6.45, 7) is 0. The Morgan fingerprint density at radius 1 is 0.769 bits per heavy atom. The fraction of sp³-hybridized carbons (Fsp3) is 0.174. The molecule has 1 amide bonds. The Morgan fingerprint density at radius 2 is 1.15 bits per heavy atom. The number of thioether (sulfide) groups is 1. The normalized spacial score (nSPS) is 17.0. The van der Waals surface area contributed by atoms with Gasteiger partial charge in [-0.15, -0.1) is 11.8 Å². The van der Waals surface area contributed by atoms with Gasteiger partial charge in [0, 0.05) is 7.05 Å². The van der Waals surface area contributed by atoms with Crippen molar-refractivity contribution in [2.75, 3.05) is 7.05 Å². The Kier molecular flexibility index (Phi) is 4.56. The van der Waals surface area contributed by atoms with Crippen LogP contribution in [0.3, 0.4) is 0 Å². The third kappa shape index (κ3) is 2.82. The standard InChI is InChI=1S/C23H21NOS/c1-24-21(25)17-22(24)26-23(18-11-5-2-6-12-18,19-13-7-3-8-14-19)20-15-9-4-10-16-20/h2-16,22H,17H2,1H3. The molecule has 26 heavy (non-hydrogen) atoms. The van der Waals surface area contributed by atoms with Gasteiger partial charge < -0.3 is 4.90 Å². The Morgan fingerprint density at radius 3 is 1.46 bits per heavy atom. The van der Waals surface area contributed by atoms with Crippen molar-refractivity contribution in [1.29, 1.82) is 0 Å². The number of carbonyl (C=O) groups excluding carboxylic acids is 1. The third-order valence-corrected chi connectivity index (χ3v) is 6.84.